The van der Waals surface area contributed by atoms with Crippen molar-refractivity contribution in [3.05, 3.63) is 35.7 Å². The van der Waals surface area contributed by atoms with Gasteiger partial charge in [0.1, 0.15) is 0 Å². The van der Waals surface area contributed by atoms with Gasteiger partial charge in [-0.1, -0.05) is 6.07 Å². The molecule has 0 unspecified atom stereocenters. The Morgan fingerprint density at radius 1 is 1.59 bits per heavy atom. The van der Waals surface area contributed by atoms with Gasteiger partial charge in [-0.3, -0.25) is 0 Å². The number of rotatable bonds is 6. The molecule has 1 aromatic carbocycles. The standard InChI is InChI=1S/C12H13FO3S/c1-17-7-6-16-11-4-2-9(8-10(11)13)3-5-12(14)15/h2-5,8H,6-7H2,1H3,(H,14,15)/b5-3+. The minimum Gasteiger partial charge on any atom is -0.490 e. The molecule has 0 atom stereocenters. The summed E-state index contributed by atoms with van der Waals surface area (Å²) >= 11 is 1.62. The number of ether oxygens (including phenoxy) is 1. The Bertz CT molecular complexity index is 418. The van der Waals surface area contributed by atoms with Crippen LogP contribution in [0.4, 0.5) is 4.39 Å². The van der Waals surface area contributed by atoms with E-state index in [1.54, 1.807) is 17.8 Å². The van der Waals surface area contributed by atoms with E-state index >= 15 is 0 Å². The molecule has 0 bridgehead atoms. The van der Waals surface area contributed by atoms with Crippen LogP contribution in [0, 0.1) is 5.82 Å². The summed E-state index contributed by atoms with van der Waals surface area (Å²) < 4.78 is 18.7. The van der Waals surface area contributed by atoms with Crippen molar-refractivity contribution in [1.29, 1.82) is 0 Å². The van der Waals surface area contributed by atoms with E-state index in [4.69, 9.17) is 9.84 Å². The van der Waals surface area contributed by atoms with E-state index in [0.29, 0.717) is 12.2 Å². The summed E-state index contributed by atoms with van der Waals surface area (Å²) in [5.41, 5.74) is 0.488. The molecule has 0 saturated heterocycles. The van der Waals surface area contributed by atoms with Crippen LogP contribution >= 0.6 is 11.8 Å². The van der Waals surface area contributed by atoms with Gasteiger partial charge in [-0.05, 0) is 30.0 Å². The molecule has 0 aromatic heterocycles. The van der Waals surface area contributed by atoms with E-state index < -0.39 is 11.8 Å². The number of benzene rings is 1. The first-order valence-electron chi connectivity index (χ1n) is 4.96. The molecule has 92 valence electrons. The van der Waals surface area contributed by atoms with Crippen LogP contribution in [0.1, 0.15) is 5.56 Å². The highest BCUT2D eigenvalue weighted by Gasteiger charge is 2.03. The summed E-state index contributed by atoms with van der Waals surface area (Å²) in [5.74, 6) is -0.573. The number of carbonyl (C=O) groups is 1. The zero-order chi connectivity index (χ0) is 12.7. The summed E-state index contributed by atoms with van der Waals surface area (Å²) in [7, 11) is 0. The molecule has 0 heterocycles. The Morgan fingerprint density at radius 3 is 2.94 bits per heavy atom. The monoisotopic (exact) mass is 256 g/mol. The SMILES string of the molecule is CSCCOc1ccc(/C=C/C(=O)O)cc1F. The van der Waals surface area contributed by atoms with Gasteiger partial charge in [-0.15, -0.1) is 0 Å². The van der Waals surface area contributed by atoms with Crippen LogP contribution in [0.25, 0.3) is 6.08 Å². The molecule has 1 aromatic rings. The average Bonchev–Trinajstić information content (AvgIpc) is 2.29. The fraction of sp³-hybridized carbons (Fsp3) is 0.250. The number of hydrogen-bond acceptors (Lipinski definition) is 3. The van der Waals surface area contributed by atoms with Crippen LogP contribution in [0.3, 0.4) is 0 Å². The Hall–Kier alpha value is -1.49. The largest absolute Gasteiger partial charge is 0.490 e. The third-order valence-electron chi connectivity index (χ3n) is 1.92. The van der Waals surface area contributed by atoms with Gasteiger partial charge in [0.2, 0.25) is 0 Å². The molecule has 0 fully saturated rings. The first kappa shape index (κ1) is 13.6. The minimum atomic E-state index is -1.06. The zero-order valence-corrected chi connectivity index (χ0v) is 10.2. The van der Waals surface area contributed by atoms with Crippen molar-refractivity contribution in [1.82, 2.24) is 0 Å². The third-order valence-corrected chi connectivity index (χ3v) is 2.49. The van der Waals surface area contributed by atoms with E-state index in [1.165, 1.54) is 18.2 Å². The van der Waals surface area contributed by atoms with E-state index in [0.717, 1.165) is 11.8 Å². The van der Waals surface area contributed by atoms with Gasteiger partial charge in [0.05, 0.1) is 6.61 Å². The fourth-order valence-corrected chi connectivity index (χ4v) is 1.39. The number of aliphatic carboxylic acids is 1. The van der Waals surface area contributed by atoms with Crippen molar-refractivity contribution in [3.8, 4) is 5.75 Å². The summed E-state index contributed by atoms with van der Waals surface area (Å²) in [5, 5.41) is 8.43. The second kappa shape index (κ2) is 6.96. The summed E-state index contributed by atoms with van der Waals surface area (Å²) in [4.78, 5) is 10.3. The summed E-state index contributed by atoms with van der Waals surface area (Å²) in [6.45, 7) is 0.447. The minimum absolute atomic E-state index is 0.187. The predicted molar refractivity (Wildman–Crippen MR) is 66.9 cm³/mol. The van der Waals surface area contributed by atoms with Crippen molar-refractivity contribution >= 4 is 23.8 Å². The third kappa shape index (κ3) is 4.91. The summed E-state index contributed by atoms with van der Waals surface area (Å²) in [6, 6.07) is 4.35. The highest BCUT2D eigenvalue weighted by molar-refractivity contribution is 7.98. The van der Waals surface area contributed by atoms with Gasteiger partial charge in [-0.25, -0.2) is 9.18 Å². The fourth-order valence-electron chi connectivity index (χ4n) is 1.14. The highest BCUT2D eigenvalue weighted by Crippen LogP contribution is 2.19. The topological polar surface area (TPSA) is 46.5 Å². The zero-order valence-electron chi connectivity index (χ0n) is 9.35. The van der Waals surface area contributed by atoms with Crippen LogP contribution in [0.15, 0.2) is 24.3 Å². The van der Waals surface area contributed by atoms with Gasteiger partial charge >= 0.3 is 5.97 Å². The lowest BCUT2D eigenvalue weighted by atomic mass is 10.2. The van der Waals surface area contributed by atoms with E-state index in [-0.39, 0.29) is 5.75 Å². The van der Waals surface area contributed by atoms with Crippen molar-refractivity contribution < 1.29 is 19.0 Å². The van der Waals surface area contributed by atoms with Crippen LogP contribution in [0.2, 0.25) is 0 Å². The molecule has 3 nitrogen and oxygen atoms in total. The maximum atomic E-state index is 13.5. The number of hydrogen-bond donors (Lipinski definition) is 1. The van der Waals surface area contributed by atoms with Gasteiger partial charge in [0.15, 0.2) is 11.6 Å². The second-order valence-electron chi connectivity index (χ2n) is 3.20. The normalized spacial score (nSPS) is 10.7. The molecule has 0 spiro atoms. The van der Waals surface area contributed by atoms with Crippen molar-refractivity contribution in [2.24, 2.45) is 0 Å². The molecule has 0 aliphatic heterocycles. The summed E-state index contributed by atoms with van der Waals surface area (Å²) in [6.07, 6.45) is 4.24. The van der Waals surface area contributed by atoms with Gasteiger partial charge in [0.25, 0.3) is 0 Å². The van der Waals surface area contributed by atoms with Crippen LogP contribution in [-0.4, -0.2) is 29.7 Å². The number of thioether (sulfide) groups is 1. The van der Waals surface area contributed by atoms with Crippen molar-refractivity contribution in [3.63, 3.8) is 0 Å². The number of halogens is 1. The second-order valence-corrected chi connectivity index (χ2v) is 4.19. The smallest absolute Gasteiger partial charge is 0.328 e. The molecular formula is C12H13FO3S. The lowest BCUT2D eigenvalue weighted by Crippen LogP contribution is -2.01. The molecule has 0 aliphatic carbocycles. The average molecular weight is 256 g/mol. The molecule has 1 N–H and O–H groups in total. The number of carboxylic acids is 1. The Morgan fingerprint density at radius 2 is 2.35 bits per heavy atom. The molecule has 0 saturated carbocycles. The molecule has 0 amide bonds. The molecular weight excluding hydrogens is 243 g/mol. The van der Waals surface area contributed by atoms with Gasteiger partial charge < -0.3 is 9.84 Å². The van der Waals surface area contributed by atoms with Gasteiger partial charge in [0, 0.05) is 11.8 Å². The molecule has 0 radical (unpaired) electrons. The first-order chi connectivity index (χ1) is 8.13. The van der Waals surface area contributed by atoms with E-state index in [1.807, 2.05) is 6.26 Å². The van der Waals surface area contributed by atoms with Crippen molar-refractivity contribution in [2.45, 2.75) is 0 Å². The van der Waals surface area contributed by atoms with Crippen molar-refractivity contribution in [2.75, 3.05) is 18.6 Å². The number of carboxylic acid groups (broad SMARTS) is 1. The molecule has 17 heavy (non-hydrogen) atoms. The maximum absolute atomic E-state index is 13.5. The predicted octanol–water partition coefficient (Wildman–Crippen LogP) is 2.67. The maximum Gasteiger partial charge on any atom is 0.328 e. The van der Waals surface area contributed by atoms with E-state index in [2.05, 4.69) is 0 Å². The quantitative estimate of drug-likeness (QED) is 0.628. The molecule has 5 heteroatoms. The highest BCUT2D eigenvalue weighted by atomic mass is 32.2. The Labute approximate surface area is 103 Å². The van der Waals surface area contributed by atoms with Crippen LogP contribution in [-0.2, 0) is 4.79 Å². The Balaban J connectivity index is 2.69. The first-order valence-corrected chi connectivity index (χ1v) is 6.35. The molecule has 0 aliphatic rings. The lowest BCUT2D eigenvalue weighted by molar-refractivity contribution is -0.131. The van der Waals surface area contributed by atoms with E-state index in [9.17, 15) is 9.18 Å². The lowest BCUT2D eigenvalue weighted by Gasteiger charge is -2.06. The van der Waals surface area contributed by atoms with Crippen LogP contribution < -0.4 is 4.74 Å². The van der Waals surface area contributed by atoms with Gasteiger partial charge in [-0.2, -0.15) is 11.8 Å². The van der Waals surface area contributed by atoms with Crippen LogP contribution in [0.5, 0.6) is 5.75 Å². The molecule has 1 rings (SSSR count). The Kier molecular flexibility index (Phi) is 5.56.